The van der Waals surface area contributed by atoms with E-state index in [-0.39, 0.29) is 18.9 Å². The Labute approximate surface area is 187 Å². The van der Waals surface area contributed by atoms with E-state index >= 15 is 0 Å². The summed E-state index contributed by atoms with van der Waals surface area (Å²) in [6.07, 6.45) is -1.82. The van der Waals surface area contributed by atoms with E-state index in [1.807, 2.05) is 78.9 Å². The average molecular weight is 430 g/mol. The van der Waals surface area contributed by atoms with Crippen LogP contribution in [0.4, 0.5) is 0 Å². The summed E-state index contributed by atoms with van der Waals surface area (Å²) in [6, 6.07) is 25.7. The van der Waals surface area contributed by atoms with Crippen molar-refractivity contribution in [1.82, 2.24) is 5.32 Å². The van der Waals surface area contributed by atoms with Gasteiger partial charge in [-0.2, -0.15) is 0 Å². The van der Waals surface area contributed by atoms with Gasteiger partial charge in [0.25, 0.3) is 5.91 Å². The van der Waals surface area contributed by atoms with Gasteiger partial charge in [-0.15, -0.1) is 0 Å². The predicted molar refractivity (Wildman–Crippen MR) is 123 cm³/mol. The van der Waals surface area contributed by atoms with Gasteiger partial charge in [-0.3, -0.25) is 9.59 Å². The number of hydrogen-bond donors (Lipinski definition) is 3. The van der Waals surface area contributed by atoms with Crippen molar-refractivity contribution in [2.45, 2.75) is 38.0 Å². The molecule has 0 saturated carbocycles. The number of fused-ring (bicyclic) bond motifs is 1. The van der Waals surface area contributed by atoms with Crippen LogP contribution in [0.1, 0.15) is 23.1 Å². The molecule has 5 nitrogen and oxygen atoms in total. The lowest BCUT2D eigenvalue weighted by Crippen LogP contribution is -2.45. The molecule has 164 valence electrons. The molecule has 0 spiro atoms. The first-order valence-electron chi connectivity index (χ1n) is 10.9. The first-order chi connectivity index (χ1) is 15.5. The smallest absolute Gasteiger partial charge is 0.252 e. The first-order valence-corrected chi connectivity index (χ1v) is 10.9. The summed E-state index contributed by atoms with van der Waals surface area (Å²) in [4.78, 5) is 24.7. The molecule has 3 N–H and O–H groups in total. The Morgan fingerprint density at radius 3 is 1.97 bits per heavy atom. The molecule has 0 bridgehead atoms. The fourth-order valence-corrected chi connectivity index (χ4v) is 4.26. The topological polar surface area (TPSA) is 86.6 Å². The molecule has 3 aromatic rings. The van der Waals surface area contributed by atoms with Gasteiger partial charge >= 0.3 is 0 Å². The number of benzene rings is 3. The molecule has 0 aromatic heterocycles. The van der Waals surface area contributed by atoms with E-state index in [9.17, 15) is 19.8 Å². The molecule has 0 radical (unpaired) electrons. The van der Waals surface area contributed by atoms with Crippen LogP contribution in [-0.2, 0) is 29.0 Å². The average Bonchev–Trinajstić information content (AvgIpc) is 3.24. The molecular weight excluding hydrogens is 402 g/mol. The quantitative estimate of drug-likeness (QED) is 0.514. The number of amides is 1. The van der Waals surface area contributed by atoms with E-state index in [2.05, 4.69) is 5.32 Å². The molecule has 0 heterocycles. The summed E-state index contributed by atoms with van der Waals surface area (Å²) >= 11 is 0. The molecule has 4 rings (SSSR count). The van der Waals surface area contributed by atoms with Gasteiger partial charge in [0, 0.05) is 13.0 Å². The van der Waals surface area contributed by atoms with Gasteiger partial charge in [-0.25, -0.2) is 0 Å². The maximum Gasteiger partial charge on any atom is 0.252 e. The van der Waals surface area contributed by atoms with Crippen molar-refractivity contribution in [3.63, 3.8) is 0 Å². The Kier molecular flexibility index (Phi) is 6.78. The zero-order valence-corrected chi connectivity index (χ0v) is 17.8. The molecular formula is C27H27NO4. The van der Waals surface area contributed by atoms with E-state index in [4.69, 9.17) is 0 Å². The van der Waals surface area contributed by atoms with Gasteiger partial charge in [0.15, 0.2) is 11.9 Å². The second-order valence-corrected chi connectivity index (χ2v) is 8.38. The largest absolute Gasteiger partial charge is 0.382 e. The number of carbonyl (C=O) groups excluding carboxylic acids is 2. The van der Waals surface area contributed by atoms with Crippen LogP contribution in [0.25, 0.3) is 11.1 Å². The normalized spacial score (nSPS) is 15.1. The van der Waals surface area contributed by atoms with Gasteiger partial charge in [0.2, 0.25) is 0 Å². The van der Waals surface area contributed by atoms with Crippen molar-refractivity contribution in [2.24, 2.45) is 5.92 Å². The third kappa shape index (κ3) is 5.13. The Morgan fingerprint density at radius 1 is 0.781 bits per heavy atom. The Balaban J connectivity index is 1.26. The van der Waals surface area contributed by atoms with Crippen LogP contribution >= 0.6 is 0 Å². The lowest BCUT2D eigenvalue weighted by molar-refractivity contribution is -0.145. The predicted octanol–water partition coefficient (Wildman–Crippen LogP) is 3.07. The number of aliphatic hydroxyl groups excluding tert-OH is 2. The molecule has 0 saturated heterocycles. The first kappa shape index (κ1) is 21.9. The van der Waals surface area contributed by atoms with Gasteiger partial charge in [-0.1, -0.05) is 78.9 Å². The monoisotopic (exact) mass is 429 g/mol. The highest BCUT2D eigenvalue weighted by molar-refractivity contribution is 5.91. The molecule has 1 unspecified atom stereocenters. The van der Waals surface area contributed by atoms with Crippen LogP contribution < -0.4 is 5.32 Å². The number of Topliss-reactive ketones (excluding diaryl/α,β-unsaturated/α-hetero) is 1. The molecule has 0 fully saturated rings. The number of nitrogens with one attached hydrogen (secondary N) is 1. The zero-order valence-electron chi connectivity index (χ0n) is 17.8. The summed E-state index contributed by atoms with van der Waals surface area (Å²) in [6.45, 7) is 0.198. The van der Waals surface area contributed by atoms with E-state index in [0.717, 1.165) is 29.5 Å². The fourth-order valence-electron chi connectivity index (χ4n) is 4.26. The summed E-state index contributed by atoms with van der Waals surface area (Å²) < 4.78 is 0. The Bertz CT molecular complexity index is 1050. The van der Waals surface area contributed by atoms with Gasteiger partial charge in [0.05, 0.1) is 0 Å². The summed E-state index contributed by atoms with van der Waals surface area (Å²) in [5, 5.41) is 23.0. The molecule has 1 aliphatic carbocycles. The second kappa shape index (κ2) is 9.90. The number of hydrogen-bond acceptors (Lipinski definition) is 4. The van der Waals surface area contributed by atoms with Crippen LogP contribution in [0, 0.1) is 5.92 Å². The second-order valence-electron chi connectivity index (χ2n) is 8.38. The minimum absolute atomic E-state index is 0.0907. The van der Waals surface area contributed by atoms with E-state index in [1.54, 1.807) is 0 Å². The molecule has 3 aromatic carbocycles. The lowest BCUT2D eigenvalue weighted by atomic mass is 9.95. The van der Waals surface area contributed by atoms with E-state index in [1.165, 1.54) is 11.1 Å². The number of carbonyl (C=O) groups is 2. The van der Waals surface area contributed by atoms with E-state index in [0.29, 0.717) is 0 Å². The maximum atomic E-state index is 12.5. The summed E-state index contributed by atoms with van der Waals surface area (Å²) in [5.41, 5.74) is 5.46. The van der Waals surface area contributed by atoms with Crippen molar-refractivity contribution in [1.29, 1.82) is 0 Å². The standard InChI is InChI=1S/C27H27NO4/c29-24(16-19-14-22-8-4-5-9-23(22)15-19)25(30)26(31)27(32)28-17-18-10-12-21(13-11-18)20-6-2-1-3-7-20/h1-13,19,25-26,30-31H,14-17H2,(H,28,32)/t25?,26-/m1/s1. The van der Waals surface area contributed by atoms with E-state index < -0.39 is 23.9 Å². The molecule has 1 amide bonds. The van der Waals surface area contributed by atoms with Crippen molar-refractivity contribution in [3.05, 3.63) is 95.6 Å². The van der Waals surface area contributed by atoms with Crippen molar-refractivity contribution >= 4 is 11.7 Å². The minimum atomic E-state index is -1.78. The van der Waals surface area contributed by atoms with Crippen LogP contribution in [0.15, 0.2) is 78.9 Å². The van der Waals surface area contributed by atoms with Crippen molar-refractivity contribution in [2.75, 3.05) is 0 Å². The third-order valence-electron chi connectivity index (χ3n) is 6.05. The van der Waals surface area contributed by atoms with Crippen LogP contribution in [0.3, 0.4) is 0 Å². The Hall–Kier alpha value is -3.28. The van der Waals surface area contributed by atoms with Gasteiger partial charge in [0.1, 0.15) is 6.10 Å². The van der Waals surface area contributed by atoms with Gasteiger partial charge in [-0.05, 0) is 46.6 Å². The van der Waals surface area contributed by atoms with Crippen LogP contribution in [0.5, 0.6) is 0 Å². The van der Waals surface area contributed by atoms with Crippen LogP contribution in [-0.4, -0.2) is 34.1 Å². The van der Waals surface area contributed by atoms with Gasteiger partial charge < -0.3 is 15.5 Å². The summed E-state index contributed by atoms with van der Waals surface area (Å²) in [7, 11) is 0. The minimum Gasteiger partial charge on any atom is -0.382 e. The van der Waals surface area contributed by atoms with Crippen LogP contribution in [0.2, 0.25) is 0 Å². The molecule has 0 aliphatic heterocycles. The molecule has 32 heavy (non-hydrogen) atoms. The number of ketones is 1. The highest BCUT2D eigenvalue weighted by Gasteiger charge is 2.32. The maximum absolute atomic E-state index is 12.5. The Morgan fingerprint density at radius 2 is 1.34 bits per heavy atom. The zero-order chi connectivity index (χ0) is 22.5. The summed E-state index contributed by atoms with van der Waals surface area (Å²) in [5.74, 6) is -1.17. The lowest BCUT2D eigenvalue weighted by Gasteiger charge is -2.18. The number of aliphatic hydroxyl groups is 2. The van der Waals surface area contributed by atoms with Crippen molar-refractivity contribution in [3.8, 4) is 11.1 Å². The number of rotatable bonds is 8. The molecule has 2 atom stereocenters. The molecule has 1 aliphatic rings. The third-order valence-corrected chi connectivity index (χ3v) is 6.05. The highest BCUT2D eigenvalue weighted by Crippen LogP contribution is 2.29. The SMILES string of the molecule is O=C(CC1Cc2ccccc2C1)C(O)[C@@H](O)C(=O)NCc1ccc(-c2ccccc2)cc1. The molecule has 5 heteroatoms. The van der Waals surface area contributed by atoms with Crippen molar-refractivity contribution < 1.29 is 19.8 Å². The fraction of sp³-hybridized carbons (Fsp3) is 0.259. The highest BCUT2D eigenvalue weighted by atomic mass is 16.3.